The summed E-state index contributed by atoms with van der Waals surface area (Å²) in [6.45, 7) is 11.5. The quantitative estimate of drug-likeness (QED) is 0.151. The van der Waals surface area contributed by atoms with Crippen LogP contribution in [-0.4, -0.2) is 93.4 Å². The van der Waals surface area contributed by atoms with E-state index in [9.17, 15) is 24.3 Å². The number of phenolic OH excluding ortho intramolecular Hbond substituents is 1. The van der Waals surface area contributed by atoms with Crippen molar-refractivity contribution in [3.63, 3.8) is 0 Å². The van der Waals surface area contributed by atoms with Crippen molar-refractivity contribution in [2.45, 2.75) is 116 Å². The SMILES string of the molecule is CC[C@@H]1C[C@]1(NC(=O)[C@@H]1C[C@@H](Oc2cc(-c3csc(NC(C)C)n3)nc3c(Cl)c(O)ccc23)CN1C(=O)[C@@H](NC(=O)OC1C[C@@H]2C[C@@H]2C1)C(C)(C)C)C(=O)OC. The summed E-state index contributed by atoms with van der Waals surface area (Å²) in [7, 11) is 1.29. The first-order chi connectivity index (χ1) is 26.5. The smallest absolute Gasteiger partial charge is 0.408 e. The van der Waals surface area contributed by atoms with Crippen molar-refractivity contribution >= 4 is 62.8 Å². The summed E-state index contributed by atoms with van der Waals surface area (Å²) in [5.74, 6) is -0.223. The monoisotopic (exact) mass is 810 g/mol. The Morgan fingerprint density at radius 1 is 1.07 bits per heavy atom. The summed E-state index contributed by atoms with van der Waals surface area (Å²) in [6.07, 6.45) is 2.40. The highest BCUT2D eigenvalue weighted by atomic mass is 35.5. The molecule has 56 heavy (non-hydrogen) atoms. The Morgan fingerprint density at radius 2 is 1.80 bits per heavy atom. The highest BCUT2D eigenvalue weighted by Gasteiger charge is 2.62. The number of thiazole rings is 1. The van der Waals surface area contributed by atoms with Crippen LogP contribution in [0.2, 0.25) is 5.02 Å². The molecular weight excluding hydrogens is 760 g/mol. The number of nitrogens with one attached hydrogen (secondary N) is 3. The molecule has 4 aliphatic rings. The van der Waals surface area contributed by atoms with E-state index in [-0.39, 0.29) is 41.8 Å². The van der Waals surface area contributed by atoms with Crippen LogP contribution in [-0.2, 0) is 23.9 Å². The van der Waals surface area contributed by atoms with Crippen LogP contribution in [0.25, 0.3) is 22.3 Å². The van der Waals surface area contributed by atoms with Crippen molar-refractivity contribution in [3.8, 4) is 22.9 Å². The fraction of sp³-hybridized carbons (Fsp3) is 0.600. The van der Waals surface area contributed by atoms with Crippen molar-refractivity contribution in [1.29, 1.82) is 0 Å². The van der Waals surface area contributed by atoms with Crippen LogP contribution in [0.3, 0.4) is 0 Å². The van der Waals surface area contributed by atoms with Crippen molar-refractivity contribution in [2.24, 2.45) is 23.2 Å². The van der Waals surface area contributed by atoms with E-state index in [4.69, 9.17) is 35.8 Å². The number of phenols is 1. The van der Waals surface area contributed by atoms with E-state index in [1.165, 1.54) is 35.8 Å². The molecule has 0 radical (unpaired) electrons. The Morgan fingerprint density at radius 3 is 2.45 bits per heavy atom. The molecule has 3 aromatic rings. The van der Waals surface area contributed by atoms with E-state index >= 15 is 0 Å². The maximum atomic E-state index is 14.7. The predicted octanol–water partition coefficient (Wildman–Crippen LogP) is 6.28. The third kappa shape index (κ3) is 7.93. The molecule has 3 heterocycles. The summed E-state index contributed by atoms with van der Waals surface area (Å²) >= 11 is 8.02. The number of likely N-dealkylation sites (tertiary alicyclic amines) is 1. The minimum atomic E-state index is -1.19. The van der Waals surface area contributed by atoms with Crippen LogP contribution >= 0.6 is 22.9 Å². The molecule has 14 nitrogen and oxygen atoms in total. The van der Waals surface area contributed by atoms with Gasteiger partial charge in [-0.05, 0) is 74.8 Å². The van der Waals surface area contributed by atoms with E-state index in [2.05, 4.69) is 16.0 Å². The maximum absolute atomic E-state index is 14.7. The van der Waals surface area contributed by atoms with Crippen LogP contribution in [0.4, 0.5) is 9.93 Å². The number of carbonyl (C=O) groups is 4. The van der Waals surface area contributed by atoms with Gasteiger partial charge in [-0.1, -0.05) is 45.7 Å². The Labute approximate surface area is 335 Å². The molecule has 1 aromatic carbocycles. The zero-order chi connectivity index (χ0) is 40.3. The van der Waals surface area contributed by atoms with Crippen LogP contribution in [0.1, 0.15) is 80.1 Å². The largest absolute Gasteiger partial charge is 0.506 e. The van der Waals surface area contributed by atoms with E-state index in [1.54, 1.807) is 12.1 Å². The van der Waals surface area contributed by atoms with Gasteiger partial charge in [-0.2, -0.15) is 0 Å². The van der Waals surface area contributed by atoms with Crippen molar-refractivity contribution in [3.05, 3.63) is 28.6 Å². The van der Waals surface area contributed by atoms with Crippen LogP contribution in [0, 0.1) is 23.2 Å². The molecule has 2 aromatic heterocycles. The van der Waals surface area contributed by atoms with Gasteiger partial charge in [-0.3, -0.25) is 9.59 Å². The number of halogens is 1. The Hall–Kier alpha value is -4.37. The molecule has 3 amide bonds. The Balaban J connectivity index is 1.20. The third-order valence-corrected chi connectivity index (χ3v) is 12.7. The molecule has 4 N–H and O–H groups in total. The molecule has 1 saturated heterocycles. The van der Waals surface area contributed by atoms with E-state index in [0.29, 0.717) is 57.8 Å². The minimum absolute atomic E-state index is 0.0151. The van der Waals surface area contributed by atoms with E-state index in [1.807, 2.05) is 46.9 Å². The number of carbonyl (C=O) groups excluding carboxylic acids is 4. The van der Waals surface area contributed by atoms with Gasteiger partial charge in [0.15, 0.2) is 5.13 Å². The number of methoxy groups -OCH3 is 1. The first-order valence-corrected chi connectivity index (χ1v) is 20.7. The molecule has 3 aliphatic carbocycles. The molecular formula is C40H51ClN6O8S. The number of alkyl carbamates (subject to hydrolysis) is 1. The first-order valence-electron chi connectivity index (χ1n) is 19.4. The lowest BCUT2D eigenvalue weighted by atomic mass is 9.85. The molecule has 302 valence electrons. The molecule has 0 spiro atoms. The minimum Gasteiger partial charge on any atom is -0.506 e. The van der Waals surface area contributed by atoms with Gasteiger partial charge in [-0.15, -0.1) is 11.3 Å². The van der Waals surface area contributed by atoms with Gasteiger partial charge < -0.3 is 40.2 Å². The highest BCUT2D eigenvalue weighted by Crippen LogP contribution is 2.52. The summed E-state index contributed by atoms with van der Waals surface area (Å²) in [5.41, 5.74) is -0.652. The number of ether oxygens (including phenoxy) is 3. The van der Waals surface area contributed by atoms with Gasteiger partial charge in [0.25, 0.3) is 0 Å². The number of anilines is 1. The number of rotatable bonds is 12. The van der Waals surface area contributed by atoms with Crippen molar-refractivity contribution in [2.75, 3.05) is 19.0 Å². The van der Waals surface area contributed by atoms with Gasteiger partial charge in [0.1, 0.15) is 52.0 Å². The average Bonchev–Trinajstić information content (AvgIpc) is 3.80. The molecule has 0 bridgehead atoms. The molecule has 16 heteroatoms. The van der Waals surface area contributed by atoms with Crippen molar-refractivity contribution in [1.82, 2.24) is 25.5 Å². The molecule has 1 aliphatic heterocycles. The zero-order valence-corrected chi connectivity index (χ0v) is 34.4. The second-order valence-corrected chi connectivity index (χ2v) is 18.3. The van der Waals surface area contributed by atoms with Gasteiger partial charge in [0, 0.05) is 29.3 Å². The summed E-state index contributed by atoms with van der Waals surface area (Å²) in [6, 6.07) is 2.89. The van der Waals surface area contributed by atoms with Crippen LogP contribution < -0.4 is 20.7 Å². The summed E-state index contributed by atoms with van der Waals surface area (Å²) in [4.78, 5) is 66.2. The normalized spacial score (nSPS) is 27.1. The topological polar surface area (TPSA) is 181 Å². The summed E-state index contributed by atoms with van der Waals surface area (Å²) in [5, 5.41) is 22.7. The van der Waals surface area contributed by atoms with Gasteiger partial charge >= 0.3 is 12.1 Å². The lowest BCUT2D eigenvalue weighted by Gasteiger charge is -2.35. The number of aromatic nitrogens is 2. The number of hydrogen-bond acceptors (Lipinski definition) is 12. The zero-order valence-electron chi connectivity index (χ0n) is 32.8. The molecule has 4 fully saturated rings. The maximum Gasteiger partial charge on any atom is 0.408 e. The number of hydrogen-bond donors (Lipinski definition) is 4. The predicted molar refractivity (Wildman–Crippen MR) is 212 cm³/mol. The van der Waals surface area contributed by atoms with E-state index < -0.39 is 53.0 Å². The molecule has 8 atom stereocenters. The van der Waals surface area contributed by atoms with Gasteiger partial charge in [-0.25, -0.2) is 19.6 Å². The summed E-state index contributed by atoms with van der Waals surface area (Å²) < 4.78 is 17.6. The second-order valence-electron chi connectivity index (χ2n) is 17.1. The van der Waals surface area contributed by atoms with Crippen molar-refractivity contribution < 1.29 is 38.5 Å². The molecule has 1 unspecified atom stereocenters. The number of benzene rings is 1. The van der Waals surface area contributed by atoms with Crippen LogP contribution in [0.5, 0.6) is 11.5 Å². The number of aromatic hydroxyl groups is 1. The number of esters is 1. The van der Waals surface area contributed by atoms with E-state index in [0.717, 1.165) is 12.8 Å². The number of fused-ring (bicyclic) bond motifs is 2. The fourth-order valence-electron chi connectivity index (χ4n) is 8.34. The standard InChI is InChI=1S/C40H51ClN6O8S/c1-8-22-16-40(22,36(51)53-7)46-34(49)28-14-24(17-47(28)35(50)33(39(4,5)6)45-38(52)55-23-12-20-11-21(20)13-23)54-30-15-26(27-18-56-37(44-27)42-19(2)3)43-32-25(30)9-10-29(48)31(32)41/h9-10,15,18-24,28,33,48H,8,11-14,16-17H2,1-7H3,(H,42,44)(H,45,52)(H,46,49)/t20-,21+,22-,23?,24-,28+,33-,40-/m1/s1. The van der Waals surface area contributed by atoms with Gasteiger partial charge in [0.05, 0.1) is 24.9 Å². The fourth-order valence-corrected chi connectivity index (χ4v) is 9.40. The number of pyridine rings is 1. The number of nitrogens with zero attached hydrogens (tertiary/aromatic N) is 3. The Kier molecular flexibility index (Phi) is 10.8. The molecule has 7 rings (SSSR count). The third-order valence-electron chi connectivity index (χ3n) is 11.5. The second kappa shape index (κ2) is 15.2. The highest BCUT2D eigenvalue weighted by molar-refractivity contribution is 7.14. The average molecular weight is 811 g/mol. The molecule has 3 saturated carbocycles. The Bertz CT molecular complexity index is 2030. The lowest BCUT2D eigenvalue weighted by molar-refractivity contribution is -0.148. The lowest BCUT2D eigenvalue weighted by Crippen LogP contribution is -2.59. The number of amides is 3. The first kappa shape index (κ1) is 39.8. The van der Waals surface area contributed by atoms with Gasteiger partial charge in [0.2, 0.25) is 11.8 Å². The van der Waals surface area contributed by atoms with Crippen LogP contribution in [0.15, 0.2) is 23.6 Å².